The summed E-state index contributed by atoms with van der Waals surface area (Å²) in [5, 5.41) is 5.19. The summed E-state index contributed by atoms with van der Waals surface area (Å²) in [6.45, 7) is 0.104. The summed E-state index contributed by atoms with van der Waals surface area (Å²) in [4.78, 5) is 11.0. The Hall–Kier alpha value is -1.92. The summed E-state index contributed by atoms with van der Waals surface area (Å²) in [6.07, 6.45) is -4.74. The number of carbonyl (C=O) groups is 1. The SMILES string of the molecule is O=C1CNc2ccc(OC(F)(F)F)cc2N1. The average molecular weight is 232 g/mol. The molecule has 0 spiro atoms. The largest absolute Gasteiger partial charge is 0.573 e. The topological polar surface area (TPSA) is 50.4 Å². The lowest BCUT2D eigenvalue weighted by Gasteiger charge is -2.19. The summed E-state index contributed by atoms with van der Waals surface area (Å²) in [6, 6.07) is 3.71. The van der Waals surface area contributed by atoms with E-state index in [-0.39, 0.29) is 23.9 Å². The van der Waals surface area contributed by atoms with Crippen LogP contribution in [0.2, 0.25) is 0 Å². The number of fused-ring (bicyclic) bond motifs is 1. The number of anilines is 2. The number of hydrogen-bond acceptors (Lipinski definition) is 3. The van der Waals surface area contributed by atoms with Crippen LogP contribution in [0.4, 0.5) is 24.5 Å². The van der Waals surface area contributed by atoms with Crippen LogP contribution in [0.15, 0.2) is 18.2 Å². The maximum atomic E-state index is 11.9. The van der Waals surface area contributed by atoms with E-state index in [1.165, 1.54) is 12.1 Å². The van der Waals surface area contributed by atoms with Crippen LogP contribution in [0.1, 0.15) is 0 Å². The van der Waals surface area contributed by atoms with Crippen molar-refractivity contribution in [2.24, 2.45) is 0 Å². The lowest BCUT2D eigenvalue weighted by Crippen LogP contribution is -2.27. The highest BCUT2D eigenvalue weighted by Crippen LogP contribution is 2.31. The van der Waals surface area contributed by atoms with Crippen molar-refractivity contribution in [3.05, 3.63) is 18.2 Å². The Morgan fingerprint density at radius 1 is 1.25 bits per heavy atom. The number of hydrogen-bond donors (Lipinski definition) is 2. The van der Waals surface area contributed by atoms with E-state index < -0.39 is 6.36 Å². The summed E-state index contributed by atoms with van der Waals surface area (Å²) in [5.74, 6) is -0.674. The fraction of sp³-hybridized carbons (Fsp3) is 0.222. The zero-order chi connectivity index (χ0) is 11.8. The molecule has 0 fully saturated rings. The number of rotatable bonds is 1. The normalized spacial score (nSPS) is 14.8. The number of nitrogens with one attached hydrogen (secondary N) is 2. The average Bonchev–Trinajstić information content (AvgIpc) is 2.14. The third-order valence-corrected chi connectivity index (χ3v) is 1.94. The maximum Gasteiger partial charge on any atom is 0.573 e. The molecular weight excluding hydrogens is 225 g/mol. The first-order valence-electron chi connectivity index (χ1n) is 4.37. The number of amides is 1. The monoisotopic (exact) mass is 232 g/mol. The van der Waals surface area contributed by atoms with Gasteiger partial charge in [0.1, 0.15) is 5.75 Å². The number of benzene rings is 1. The van der Waals surface area contributed by atoms with E-state index in [2.05, 4.69) is 15.4 Å². The van der Waals surface area contributed by atoms with Crippen LogP contribution in [-0.2, 0) is 4.79 Å². The third-order valence-electron chi connectivity index (χ3n) is 1.94. The van der Waals surface area contributed by atoms with E-state index in [1.54, 1.807) is 0 Å². The van der Waals surface area contributed by atoms with Crippen molar-refractivity contribution in [2.45, 2.75) is 6.36 Å². The van der Waals surface area contributed by atoms with Gasteiger partial charge in [0.15, 0.2) is 0 Å². The molecule has 1 aliphatic rings. The molecule has 86 valence electrons. The quantitative estimate of drug-likeness (QED) is 0.778. The predicted octanol–water partition coefficient (Wildman–Crippen LogP) is 1.95. The molecule has 0 radical (unpaired) electrons. The van der Waals surface area contributed by atoms with Crippen LogP contribution in [0, 0.1) is 0 Å². The van der Waals surface area contributed by atoms with Gasteiger partial charge in [0.05, 0.1) is 17.9 Å². The Labute approximate surface area is 88.4 Å². The molecule has 2 rings (SSSR count). The van der Waals surface area contributed by atoms with E-state index in [1.807, 2.05) is 0 Å². The van der Waals surface area contributed by atoms with E-state index in [9.17, 15) is 18.0 Å². The minimum absolute atomic E-state index is 0.104. The van der Waals surface area contributed by atoms with Crippen molar-refractivity contribution in [1.29, 1.82) is 0 Å². The Bertz CT molecular complexity index is 431. The molecule has 2 N–H and O–H groups in total. The van der Waals surface area contributed by atoms with Gasteiger partial charge in [0.25, 0.3) is 0 Å². The van der Waals surface area contributed by atoms with Gasteiger partial charge in [0, 0.05) is 6.07 Å². The van der Waals surface area contributed by atoms with Crippen molar-refractivity contribution in [3.63, 3.8) is 0 Å². The highest BCUT2D eigenvalue weighted by molar-refractivity contribution is 6.00. The van der Waals surface area contributed by atoms with Gasteiger partial charge in [-0.2, -0.15) is 0 Å². The van der Waals surface area contributed by atoms with Crippen molar-refractivity contribution >= 4 is 17.3 Å². The first kappa shape index (κ1) is 10.6. The molecule has 16 heavy (non-hydrogen) atoms. The first-order valence-corrected chi connectivity index (χ1v) is 4.37. The van der Waals surface area contributed by atoms with E-state index in [0.717, 1.165) is 6.07 Å². The third kappa shape index (κ3) is 2.36. The van der Waals surface area contributed by atoms with Gasteiger partial charge in [-0.25, -0.2) is 0 Å². The van der Waals surface area contributed by atoms with E-state index >= 15 is 0 Å². The highest BCUT2D eigenvalue weighted by Gasteiger charge is 2.31. The van der Waals surface area contributed by atoms with Crippen LogP contribution in [0.3, 0.4) is 0 Å². The lowest BCUT2D eigenvalue weighted by molar-refractivity contribution is -0.274. The fourth-order valence-electron chi connectivity index (χ4n) is 1.35. The van der Waals surface area contributed by atoms with Crippen molar-refractivity contribution in [3.8, 4) is 5.75 Å². The highest BCUT2D eigenvalue weighted by atomic mass is 19.4. The van der Waals surface area contributed by atoms with Crippen LogP contribution < -0.4 is 15.4 Å². The van der Waals surface area contributed by atoms with Gasteiger partial charge in [-0.05, 0) is 12.1 Å². The van der Waals surface area contributed by atoms with Gasteiger partial charge in [-0.15, -0.1) is 13.2 Å². The van der Waals surface area contributed by atoms with Crippen molar-refractivity contribution in [2.75, 3.05) is 17.2 Å². The molecule has 7 heteroatoms. The molecule has 1 aliphatic heterocycles. The van der Waals surface area contributed by atoms with E-state index in [0.29, 0.717) is 5.69 Å². The van der Waals surface area contributed by atoms with E-state index in [4.69, 9.17) is 0 Å². The van der Waals surface area contributed by atoms with Gasteiger partial charge in [-0.1, -0.05) is 0 Å². The van der Waals surface area contributed by atoms with Gasteiger partial charge < -0.3 is 15.4 Å². The van der Waals surface area contributed by atoms with Gasteiger partial charge in [-0.3, -0.25) is 4.79 Å². The zero-order valence-electron chi connectivity index (χ0n) is 7.89. The van der Waals surface area contributed by atoms with Crippen LogP contribution in [0.25, 0.3) is 0 Å². The molecule has 4 nitrogen and oxygen atoms in total. The second-order valence-electron chi connectivity index (χ2n) is 3.16. The molecular formula is C9H7F3N2O2. The molecule has 0 aromatic heterocycles. The summed E-state index contributed by atoms with van der Waals surface area (Å²) in [7, 11) is 0. The number of halogens is 3. The van der Waals surface area contributed by atoms with Crippen LogP contribution in [-0.4, -0.2) is 18.8 Å². The van der Waals surface area contributed by atoms with Crippen molar-refractivity contribution < 1.29 is 22.7 Å². The van der Waals surface area contributed by atoms with Crippen LogP contribution in [0.5, 0.6) is 5.75 Å². The Kier molecular flexibility index (Phi) is 2.37. The molecule has 1 aromatic rings. The maximum absolute atomic E-state index is 11.9. The Morgan fingerprint density at radius 2 is 2.00 bits per heavy atom. The lowest BCUT2D eigenvalue weighted by atomic mass is 10.2. The summed E-state index contributed by atoms with van der Waals surface area (Å²) >= 11 is 0. The number of carbonyl (C=O) groups excluding carboxylic acids is 1. The smallest absolute Gasteiger partial charge is 0.406 e. The molecule has 0 unspecified atom stereocenters. The zero-order valence-corrected chi connectivity index (χ0v) is 7.89. The number of alkyl halides is 3. The van der Waals surface area contributed by atoms with Crippen molar-refractivity contribution in [1.82, 2.24) is 0 Å². The molecule has 0 atom stereocenters. The van der Waals surface area contributed by atoms with Gasteiger partial charge >= 0.3 is 6.36 Å². The number of ether oxygens (including phenoxy) is 1. The molecule has 0 bridgehead atoms. The Balaban J connectivity index is 2.24. The second-order valence-corrected chi connectivity index (χ2v) is 3.16. The van der Waals surface area contributed by atoms with Crippen LogP contribution >= 0.6 is 0 Å². The Morgan fingerprint density at radius 3 is 2.69 bits per heavy atom. The first-order chi connectivity index (χ1) is 7.44. The summed E-state index contributed by atoms with van der Waals surface area (Å²) < 4.78 is 39.5. The molecule has 0 saturated carbocycles. The molecule has 0 aliphatic carbocycles. The molecule has 1 amide bonds. The predicted molar refractivity (Wildman–Crippen MR) is 50.2 cm³/mol. The second kappa shape index (κ2) is 3.58. The fourth-order valence-corrected chi connectivity index (χ4v) is 1.35. The molecule has 0 saturated heterocycles. The molecule has 1 aromatic carbocycles. The molecule has 1 heterocycles. The minimum atomic E-state index is -4.74. The standard InChI is InChI=1S/C9H7F3N2O2/c10-9(11,12)16-5-1-2-6-7(3-5)14-8(15)4-13-6/h1-3,13H,4H2,(H,14,15). The minimum Gasteiger partial charge on any atom is -0.406 e. The summed E-state index contributed by atoms with van der Waals surface area (Å²) in [5.41, 5.74) is 0.840. The van der Waals surface area contributed by atoms with Gasteiger partial charge in [0.2, 0.25) is 5.91 Å².